The first-order chi connectivity index (χ1) is 12.8. The normalized spacial score (nSPS) is 20.0. The Hall–Kier alpha value is -2.61. The third-order valence-electron chi connectivity index (χ3n) is 4.00. The maximum atomic E-state index is 14.1. The number of anilines is 1. The quantitative estimate of drug-likeness (QED) is 0.827. The van der Waals surface area contributed by atoms with Crippen LogP contribution >= 0.6 is 11.6 Å². The van der Waals surface area contributed by atoms with Gasteiger partial charge in [-0.05, 0) is 18.6 Å². The molecule has 1 aliphatic rings. The Morgan fingerprint density at radius 3 is 2.52 bits per heavy atom. The maximum Gasteiger partial charge on any atom is 0.442 e. The van der Waals surface area contributed by atoms with Crippen LogP contribution in [0.4, 0.5) is 19.0 Å². The Morgan fingerprint density at radius 1 is 1.22 bits per heavy atom. The summed E-state index contributed by atoms with van der Waals surface area (Å²) in [6, 6.07) is 10.9. The zero-order chi connectivity index (χ0) is 19.7. The molecular formula is C18H16ClF3N4O. The van der Waals surface area contributed by atoms with E-state index in [2.05, 4.69) is 15.3 Å². The van der Waals surface area contributed by atoms with Crippen molar-refractivity contribution in [2.75, 3.05) is 11.9 Å². The van der Waals surface area contributed by atoms with Crippen molar-refractivity contribution < 1.29 is 18.0 Å². The molecule has 0 radical (unpaired) electrons. The number of nitrogens with one attached hydrogen (secondary N) is 1. The van der Waals surface area contributed by atoms with Gasteiger partial charge in [0, 0.05) is 23.3 Å². The number of amidine groups is 1. The summed E-state index contributed by atoms with van der Waals surface area (Å²) in [5.74, 6) is -1.42. The molecule has 9 heteroatoms. The van der Waals surface area contributed by atoms with Gasteiger partial charge in [-0.15, -0.1) is 0 Å². The fraction of sp³-hybridized carbons (Fsp3) is 0.278. The van der Waals surface area contributed by atoms with Crippen molar-refractivity contribution in [2.24, 2.45) is 4.99 Å². The van der Waals surface area contributed by atoms with Crippen LogP contribution < -0.4 is 5.32 Å². The van der Waals surface area contributed by atoms with Crippen LogP contribution in [0.5, 0.6) is 0 Å². The van der Waals surface area contributed by atoms with Gasteiger partial charge >= 0.3 is 11.8 Å². The summed E-state index contributed by atoms with van der Waals surface area (Å²) < 4.78 is 42.2. The van der Waals surface area contributed by atoms with Crippen molar-refractivity contribution in [3.63, 3.8) is 0 Å². The zero-order valence-corrected chi connectivity index (χ0v) is 15.1. The SMILES string of the molecule is CCCN1C(=O)[C@@](Nc2cc(Cl)ccn2)(C(F)(F)F)N=C1c1ccccc1. The Balaban J connectivity index is 2.14. The first kappa shape index (κ1) is 19.2. The molecule has 0 aliphatic carbocycles. The largest absolute Gasteiger partial charge is 0.442 e. The smallest absolute Gasteiger partial charge is 0.331 e. The van der Waals surface area contributed by atoms with E-state index in [1.807, 2.05) is 0 Å². The van der Waals surface area contributed by atoms with Gasteiger partial charge in [0.2, 0.25) is 0 Å². The van der Waals surface area contributed by atoms with E-state index in [9.17, 15) is 18.0 Å². The molecule has 0 saturated heterocycles. The van der Waals surface area contributed by atoms with Crippen LogP contribution in [0.3, 0.4) is 0 Å². The lowest BCUT2D eigenvalue weighted by atomic mass is 10.1. The van der Waals surface area contributed by atoms with E-state index < -0.39 is 17.7 Å². The lowest BCUT2D eigenvalue weighted by molar-refractivity contribution is -0.185. The monoisotopic (exact) mass is 396 g/mol. The highest BCUT2D eigenvalue weighted by atomic mass is 35.5. The average molecular weight is 397 g/mol. The van der Waals surface area contributed by atoms with Crippen molar-refractivity contribution >= 4 is 29.2 Å². The second-order valence-corrected chi connectivity index (χ2v) is 6.39. The highest BCUT2D eigenvalue weighted by molar-refractivity contribution is 6.30. The van der Waals surface area contributed by atoms with Crippen LogP contribution in [0.2, 0.25) is 5.02 Å². The van der Waals surface area contributed by atoms with Gasteiger partial charge in [-0.25, -0.2) is 9.98 Å². The second kappa shape index (κ2) is 7.19. The molecule has 2 aromatic rings. The van der Waals surface area contributed by atoms with E-state index >= 15 is 0 Å². The number of nitrogens with zero attached hydrogens (tertiary/aromatic N) is 3. The first-order valence-electron chi connectivity index (χ1n) is 8.22. The number of carbonyl (C=O) groups is 1. The van der Waals surface area contributed by atoms with E-state index in [-0.39, 0.29) is 23.2 Å². The van der Waals surface area contributed by atoms with E-state index in [1.165, 1.54) is 18.3 Å². The highest BCUT2D eigenvalue weighted by Crippen LogP contribution is 2.40. The van der Waals surface area contributed by atoms with E-state index in [0.717, 1.165) is 4.90 Å². The molecule has 0 saturated carbocycles. The molecule has 0 spiro atoms. The first-order valence-corrected chi connectivity index (χ1v) is 8.60. The number of carbonyl (C=O) groups excluding carboxylic acids is 1. The minimum atomic E-state index is -4.99. The van der Waals surface area contributed by atoms with Crippen LogP contribution in [-0.2, 0) is 4.79 Å². The molecule has 1 aromatic carbocycles. The molecule has 0 unspecified atom stereocenters. The summed E-state index contributed by atoms with van der Waals surface area (Å²) in [6.45, 7) is 1.88. The molecule has 3 rings (SSSR count). The average Bonchev–Trinajstić information content (AvgIpc) is 2.90. The van der Waals surface area contributed by atoms with E-state index in [4.69, 9.17) is 11.6 Å². The summed E-state index contributed by atoms with van der Waals surface area (Å²) >= 11 is 5.84. The number of amides is 1. The van der Waals surface area contributed by atoms with Crippen LogP contribution in [0.1, 0.15) is 18.9 Å². The number of benzene rings is 1. The summed E-state index contributed by atoms with van der Waals surface area (Å²) in [5.41, 5.74) is -2.74. The minimum Gasteiger partial charge on any atom is -0.331 e. The van der Waals surface area contributed by atoms with Crippen LogP contribution in [0.25, 0.3) is 0 Å². The highest BCUT2D eigenvalue weighted by Gasteiger charge is 2.66. The van der Waals surface area contributed by atoms with Gasteiger partial charge in [-0.1, -0.05) is 48.9 Å². The summed E-state index contributed by atoms with van der Waals surface area (Å²) in [7, 11) is 0. The molecule has 1 aliphatic heterocycles. The van der Waals surface area contributed by atoms with Gasteiger partial charge in [0.25, 0.3) is 5.91 Å². The lowest BCUT2D eigenvalue weighted by Gasteiger charge is -2.29. The summed E-state index contributed by atoms with van der Waals surface area (Å²) in [6.07, 6.45) is -3.27. The van der Waals surface area contributed by atoms with Crippen molar-refractivity contribution in [1.82, 2.24) is 9.88 Å². The van der Waals surface area contributed by atoms with E-state index in [0.29, 0.717) is 12.0 Å². The zero-order valence-electron chi connectivity index (χ0n) is 14.3. The molecule has 1 aromatic heterocycles. The predicted molar refractivity (Wildman–Crippen MR) is 96.6 cm³/mol. The van der Waals surface area contributed by atoms with Crippen LogP contribution in [0.15, 0.2) is 53.7 Å². The second-order valence-electron chi connectivity index (χ2n) is 5.95. The molecule has 1 amide bonds. The Labute approximate surface area is 158 Å². The molecule has 0 bridgehead atoms. The van der Waals surface area contributed by atoms with Gasteiger partial charge in [-0.3, -0.25) is 9.69 Å². The lowest BCUT2D eigenvalue weighted by Crippen LogP contribution is -2.58. The summed E-state index contributed by atoms with van der Waals surface area (Å²) in [5, 5.41) is 2.36. The maximum absolute atomic E-state index is 14.1. The number of aromatic nitrogens is 1. The number of rotatable bonds is 5. The van der Waals surface area contributed by atoms with E-state index in [1.54, 1.807) is 37.3 Å². The van der Waals surface area contributed by atoms with Crippen molar-refractivity contribution in [1.29, 1.82) is 0 Å². The van der Waals surface area contributed by atoms with Gasteiger partial charge < -0.3 is 5.32 Å². The fourth-order valence-corrected chi connectivity index (χ4v) is 2.95. The number of aliphatic imine (C=N–C) groups is 1. The Bertz CT molecular complexity index is 872. The number of hydrogen-bond acceptors (Lipinski definition) is 4. The standard InChI is InChI=1S/C18H16ClF3N4O/c1-2-10-26-15(12-6-4-3-5-7-12)25-17(16(26)27,18(20,21)22)24-14-11-13(19)8-9-23-14/h3-9,11H,2,10H2,1H3,(H,23,24)/t17-/m0/s1. The van der Waals surface area contributed by atoms with Gasteiger partial charge in [-0.2, -0.15) is 13.2 Å². The third-order valence-corrected chi connectivity index (χ3v) is 4.24. The number of pyridine rings is 1. The molecule has 2 heterocycles. The number of hydrogen-bond donors (Lipinski definition) is 1. The topological polar surface area (TPSA) is 57.6 Å². The Morgan fingerprint density at radius 2 is 1.93 bits per heavy atom. The molecule has 0 fully saturated rings. The van der Waals surface area contributed by atoms with Crippen molar-refractivity contribution in [3.05, 3.63) is 59.2 Å². The fourth-order valence-electron chi connectivity index (χ4n) is 2.79. The number of halogens is 4. The van der Waals surface area contributed by atoms with Crippen LogP contribution in [0, 0.1) is 0 Å². The van der Waals surface area contributed by atoms with Crippen molar-refractivity contribution in [2.45, 2.75) is 25.2 Å². The summed E-state index contributed by atoms with van der Waals surface area (Å²) in [4.78, 5) is 21.6. The van der Waals surface area contributed by atoms with Gasteiger partial charge in [0.1, 0.15) is 11.7 Å². The van der Waals surface area contributed by atoms with Gasteiger partial charge in [0.15, 0.2) is 0 Å². The minimum absolute atomic E-state index is 0.0331. The van der Waals surface area contributed by atoms with Gasteiger partial charge in [0.05, 0.1) is 0 Å². The molecule has 5 nitrogen and oxygen atoms in total. The molecular weight excluding hydrogens is 381 g/mol. The predicted octanol–water partition coefficient (Wildman–Crippen LogP) is 4.10. The number of alkyl halides is 3. The third kappa shape index (κ3) is 3.49. The molecule has 1 N–H and O–H groups in total. The molecule has 27 heavy (non-hydrogen) atoms. The molecule has 142 valence electrons. The Kier molecular flexibility index (Phi) is 5.10. The molecule has 1 atom stereocenters. The van der Waals surface area contributed by atoms with Crippen LogP contribution in [-0.4, -0.2) is 40.0 Å². The van der Waals surface area contributed by atoms with Crippen molar-refractivity contribution in [3.8, 4) is 0 Å².